The number of allylic oxidation sites excluding steroid dienone is 1. The molecule has 2 heterocycles. The minimum Gasteiger partial charge on any atom is -0.376 e. The summed E-state index contributed by atoms with van der Waals surface area (Å²) in [5, 5.41) is 5.57. The van der Waals surface area contributed by atoms with Crippen molar-refractivity contribution in [1.82, 2.24) is 5.32 Å². The Morgan fingerprint density at radius 1 is 1.50 bits per heavy atom. The first kappa shape index (κ1) is 14.1. The lowest BCUT2D eigenvalue weighted by atomic mass is 10.5. The molecular weight excluding hydrogens is 245 g/mol. The molecule has 2 aliphatic rings. The van der Waals surface area contributed by atoms with E-state index >= 15 is 0 Å². The average molecular weight is 265 g/mol. The van der Waals surface area contributed by atoms with Gasteiger partial charge in [-0.2, -0.15) is 0 Å². The van der Waals surface area contributed by atoms with Gasteiger partial charge in [0, 0.05) is 5.70 Å². The second-order valence-corrected chi connectivity index (χ2v) is 6.62. The standard InChI is InChI=1S/C8H14NO3PS.C2H6/c1-7-9-8(6-14-7)5-13(10)11-3-2-4-12-13;1-2/h6-7,9H,2-5H2,1H3;1-2H3. The molecule has 94 valence electrons. The zero-order valence-corrected chi connectivity index (χ0v) is 11.8. The van der Waals surface area contributed by atoms with Crippen LogP contribution in [0.2, 0.25) is 0 Å². The maximum absolute atomic E-state index is 12.0. The van der Waals surface area contributed by atoms with E-state index in [9.17, 15) is 4.57 Å². The van der Waals surface area contributed by atoms with E-state index in [4.69, 9.17) is 9.05 Å². The van der Waals surface area contributed by atoms with Gasteiger partial charge in [-0.25, -0.2) is 0 Å². The summed E-state index contributed by atoms with van der Waals surface area (Å²) in [6.07, 6.45) is 1.21. The first-order valence-electron chi connectivity index (χ1n) is 5.67. The van der Waals surface area contributed by atoms with Gasteiger partial charge in [-0.15, -0.1) is 11.8 Å². The van der Waals surface area contributed by atoms with Gasteiger partial charge in [-0.1, -0.05) is 13.8 Å². The van der Waals surface area contributed by atoms with Crippen molar-refractivity contribution in [2.45, 2.75) is 32.6 Å². The summed E-state index contributed by atoms with van der Waals surface area (Å²) < 4.78 is 22.4. The molecule has 0 aliphatic carbocycles. The van der Waals surface area contributed by atoms with Crippen molar-refractivity contribution >= 4 is 19.4 Å². The van der Waals surface area contributed by atoms with Gasteiger partial charge in [0.1, 0.15) is 0 Å². The van der Waals surface area contributed by atoms with Crippen LogP contribution in [0.5, 0.6) is 0 Å². The Morgan fingerprint density at radius 3 is 2.62 bits per heavy atom. The third-order valence-electron chi connectivity index (χ3n) is 2.03. The van der Waals surface area contributed by atoms with E-state index in [1.807, 2.05) is 19.3 Å². The van der Waals surface area contributed by atoms with Crippen molar-refractivity contribution in [1.29, 1.82) is 0 Å². The van der Waals surface area contributed by atoms with Crippen LogP contribution in [0.4, 0.5) is 0 Å². The van der Waals surface area contributed by atoms with E-state index < -0.39 is 7.60 Å². The lowest BCUT2D eigenvalue weighted by Gasteiger charge is -2.23. The molecule has 0 aromatic heterocycles. The highest BCUT2D eigenvalue weighted by atomic mass is 32.2. The smallest absolute Gasteiger partial charge is 0.336 e. The molecule has 1 unspecified atom stereocenters. The third kappa shape index (κ3) is 4.13. The van der Waals surface area contributed by atoms with Crippen molar-refractivity contribution in [2.24, 2.45) is 0 Å². The first-order valence-corrected chi connectivity index (χ1v) is 8.34. The molecule has 0 amide bonds. The number of thioether (sulfide) groups is 1. The van der Waals surface area contributed by atoms with Gasteiger partial charge < -0.3 is 14.4 Å². The molecule has 1 atom stereocenters. The third-order valence-corrected chi connectivity index (χ3v) is 4.86. The van der Waals surface area contributed by atoms with Gasteiger partial charge in [-0.05, 0) is 18.8 Å². The Labute approximate surface area is 102 Å². The summed E-state index contributed by atoms with van der Waals surface area (Å²) in [6.45, 7) is 7.16. The van der Waals surface area contributed by atoms with E-state index in [-0.39, 0.29) is 0 Å². The van der Waals surface area contributed by atoms with E-state index in [0.717, 1.165) is 12.1 Å². The average Bonchev–Trinajstić information content (AvgIpc) is 2.67. The fourth-order valence-corrected chi connectivity index (χ4v) is 3.93. The largest absolute Gasteiger partial charge is 0.376 e. The van der Waals surface area contributed by atoms with Crippen LogP contribution in [0.1, 0.15) is 27.2 Å². The maximum atomic E-state index is 12.0. The zero-order valence-electron chi connectivity index (χ0n) is 10.1. The number of rotatable bonds is 2. The van der Waals surface area contributed by atoms with Gasteiger partial charge in [0.05, 0.1) is 24.7 Å². The lowest BCUT2D eigenvalue weighted by molar-refractivity contribution is 0.147. The molecule has 16 heavy (non-hydrogen) atoms. The highest BCUT2D eigenvalue weighted by Crippen LogP contribution is 2.52. The Balaban J connectivity index is 0.000000606. The zero-order chi connectivity index (χ0) is 12.0. The van der Waals surface area contributed by atoms with E-state index in [1.54, 1.807) is 11.8 Å². The second-order valence-electron chi connectivity index (χ2n) is 3.35. The molecule has 1 saturated heterocycles. The van der Waals surface area contributed by atoms with Crippen LogP contribution >= 0.6 is 19.4 Å². The lowest BCUT2D eigenvalue weighted by Crippen LogP contribution is -2.20. The van der Waals surface area contributed by atoms with E-state index in [2.05, 4.69) is 12.2 Å². The molecule has 1 N–H and O–H groups in total. The summed E-state index contributed by atoms with van der Waals surface area (Å²) in [6, 6.07) is 0. The second kappa shape index (κ2) is 6.70. The molecular formula is C10H20NO3PS. The summed E-state index contributed by atoms with van der Waals surface area (Å²) in [4.78, 5) is 0. The molecule has 0 aromatic carbocycles. The van der Waals surface area contributed by atoms with Gasteiger partial charge >= 0.3 is 7.60 Å². The molecule has 4 nitrogen and oxygen atoms in total. The minimum absolute atomic E-state index is 0.362. The fourth-order valence-electron chi connectivity index (χ4n) is 1.40. The van der Waals surface area contributed by atoms with Gasteiger partial charge in [0.2, 0.25) is 0 Å². The molecule has 0 spiro atoms. The molecule has 2 aliphatic heterocycles. The highest BCUT2D eigenvalue weighted by Gasteiger charge is 2.30. The predicted octanol–water partition coefficient (Wildman–Crippen LogP) is 3.17. The number of hydrogen-bond donors (Lipinski definition) is 1. The summed E-state index contributed by atoms with van der Waals surface area (Å²) in [7, 11) is -2.83. The van der Waals surface area contributed by atoms with Crippen LogP contribution in [-0.4, -0.2) is 24.7 Å². The van der Waals surface area contributed by atoms with Gasteiger partial charge in [-0.3, -0.25) is 4.57 Å². The van der Waals surface area contributed by atoms with Crippen molar-refractivity contribution in [3.8, 4) is 0 Å². The van der Waals surface area contributed by atoms with Crippen molar-refractivity contribution in [2.75, 3.05) is 19.4 Å². The molecule has 2 rings (SSSR count). The van der Waals surface area contributed by atoms with Gasteiger partial charge in [0.15, 0.2) is 0 Å². The molecule has 1 fully saturated rings. The minimum atomic E-state index is -2.83. The fraction of sp³-hybridized carbons (Fsp3) is 0.800. The van der Waals surface area contributed by atoms with Crippen LogP contribution in [-0.2, 0) is 13.6 Å². The van der Waals surface area contributed by atoms with E-state index in [0.29, 0.717) is 24.7 Å². The van der Waals surface area contributed by atoms with Crippen LogP contribution in [0.3, 0.4) is 0 Å². The Hall–Kier alpha value is 0.0400. The Kier molecular flexibility index (Phi) is 5.90. The number of nitrogens with one attached hydrogen (secondary N) is 1. The first-order chi connectivity index (χ1) is 7.68. The van der Waals surface area contributed by atoms with Crippen LogP contribution in [0.25, 0.3) is 0 Å². The van der Waals surface area contributed by atoms with Crippen molar-refractivity contribution in [3.63, 3.8) is 0 Å². The summed E-state index contributed by atoms with van der Waals surface area (Å²) in [5.41, 5.74) is 0.965. The topological polar surface area (TPSA) is 47.6 Å². The van der Waals surface area contributed by atoms with E-state index in [1.165, 1.54) is 0 Å². The van der Waals surface area contributed by atoms with Crippen molar-refractivity contribution in [3.05, 3.63) is 11.1 Å². The summed E-state index contributed by atoms with van der Waals surface area (Å²) in [5.74, 6) is 0. The van der Waals surface area contributed by atoms with Crippen LogP contribution in [0, 0.1) is 0 Å². The van der Waals surface area contributed by atoms with Crippen LogP contribution in [0.15, 0.2) is 11.1 Å². The predicted molar refractivity (Wildman–Crippen MR) is 68.6 cm³/mol. The molecule has 0 saturated carbocycles. The molecule has 6 heteroatoms. The van der Waals surface area contributed by atoms with Crippen LogP contribution < -0.4 is 5.32 Å². The maximum Gasteiger partial charge on any atom is 0.336 e. The highest BCUT2D eigenvalue weighted by molar-refractivity contribution is 8.02. The Morgan fingerprint density at radius 2 is 2.12 bits per heavy atom. The number of hydrogen-bond acceptors (Lipinski definition) is 5. The molecule has 0 radical (unpaired) electrons. The van der Waals surface area contributed by atoms with Crippen molar-refractivity contribution < 1.29 is 13.6 Å². The normalized spacial score (nSPS) is 27.4. The Bertz CT molecular complexity index is 286. The molecule has 0 bridgehead atoms. The monoisotopic (exact) mass is 265 g/mol. The summed E-state index contributed by atoms with van der Waals surface area (Å²) >= 11 is 1.69. The quantitative estimate of drug-likeness (QED) is 0.777. The molecule has 0 aromatic rings. The van der Waals surface area contributed by atoms with Gasteiger partial charge in [0.25, 0.3) is 0 Å². The SMILES string of the molecule is CC.CC1NC(CP2(=O)OCCCO2)=CS1.